The molecule has 0 aliphatic heterocycles. The van der Waals surface area contributed by atoms with Gasteiger partial charge in [-0.1, -0.05) is 6.07 Å². The highest BCUT2D eigenvalue weighted by Gasteiger charge is 2.18. The molecule has 0 spiro atoms. The number of aromatic nitrogens is 2. The van der Waals surface area contributed by atoms with E-state index in [2.05, 4.69) is 9.82 Å². The number of nitrogens with zero attached hydrogens (tertiary/aromatic N) is 2. The van der Waals surface area contributed by atoms with Crippen LogP contribution in [0, 0.1) is 13.8 Å². The Balaban J connectivity index is 2.01. The van der Waals surface area contributed by atoms with E-state index in [9.17, 15) is 13.2 Å². The van der Waals surface area contributed by atoms with Crippen LogP contribution in [0.1, 0.15) is 23.1 Å². The van der Waals surface area contributed by atoms with Crippen molar-refractivity contribution in [3.8, 4) is 0 Å². The number of aryl methyl sites for hydroxylation is 4. The molecular weight excluding hydrogens is 302 g/mol. The first-order valence-electron chi connectivity index (χ1n) is 6.88. The van der Waals surface area contributed by atoms with E-state index in [1.807, 2.05) is 13.8 Å². The fraction of sp³-hybridized carbons (Fsp3) is 0.333. The summed E-state index contributed by atoms with van der Waals surface area (Å²) in [6.45, 7) is 3.73. The Morgan fingerprint density at radius 1 is 1.27 bits per heavy atom. The van der Waals surface area contributed by atoms with Crippen molar-refractivity contribution in [2.24, 2.45) is 7.05 Å². The van der Waals surface area contributed by atoms with Crippen LogP contribution in [0.2, 0.25) is 0 Å². The Labute approximate surface area is 130 Å². The van der Waals surface area contributed by atoms with Crippen molar-refractivity contribution in [2.75, 3.05) is 0 Å². The van der Waals surface area contributed by atoms with Gasteiger partial charge in [0, 0.05) is 19.7 Å². The third-order valence-corrected chi connectivity index (χ3v) is 4.81. The van der Waals surface area contributed by atoms with Crippen LogP contribution in [0.25, 0.3) is 0 Å². The maximum atomic E-state index is 12.2. The number of amides is 1. The van der Waals surface area contributed by atoms with Gasteiger partial charge in [-0.05, 0) is 49.1 Å². The molecule has 0 aliphatic carbocycles. The second-order valence-electron chi connectivity index (χ2n) is 5.30. The lowest BCUT2D eigenvalue weighted by atomic mass is 10.1. The maximum absolute atomic E-state index is 12.2. The van der Waals surface area contributed by atoms with Crippen LogP contribution in [0.5, 0.6) is 0 Å². The average Bonchev–Trinajstić information content (AvgIpc) is 2.85. The van der Waals surface area contributed by atoms with Crippen LogP contribution >= 0.6 is 0 Å². The monoisotopic (exact) mass is 321 g/mol. The highest BCUT2D eigenvalue weighted by atomic mass is 32.2. The predicted molar refractivity (Wildman–Crippen MR) is 82.8 cm³/mol. The van der Waals surface area contributed by atoms with Crippen molar-refractivity contribution in [3.05, 3.63) is 47.3 Å². The predicted octanol–water partition coefficient (Wildman–Crippen LogP) is 1.47. The largest absolute Gasteiger partial charge is 0.276 e. The first kappa shape index (κ1) is 16.2. The second-order valence-corrected chi connectivity index (χ2v) is 6.98. The maximum Gasteiger partial charge on any atom is 0.264 e. The molecule has 118 valence electrons. The molecule has 6 nitrogen and oxygen atoms in total. The van der Waals surface area contributed by atoms with Gasteiger partial charge in [-0.25, -0.2) is 13.1 Å². The van der Waals surface area contributed by atoms with Crippen LogP contribution in [0.3, 0.4) is 0 Å². The molecule has 1 heterocycles. The van der Waals surface area contributed by atoms with Gasteiger partial charge >= 0.3 is 0 Å². The number of carbonyl (C=O) groups is 1. The lowest BCUT2D eigenvalue weighted by molar-refractivity contribution is -0.119. The second kappa shape index (κ2) is 6.31. The van der Waals surface area contributed by atoms with Gasteiger partial charge in [-0.3, -0.25) is 9.48 Å². The Bertz CT molecular complexity index is 794. The molecule has 0 saturated carbocycles. The quantitative estimate of drug-likeness (QED) is 0.904. The van der Waals surface area contributed by atoms with Crippen molar-refractivity contribution in [2.45, 2.75) is 31.6 Å². The summed E-state index contributed by atoms with van der Waals surface area (Å²) in [6.07, 6.45) is 3.99. The topological polar surface area (TPSA) is 81.1 Å². The molecule has 1 aromatic carbocycles. The van der Waals surface area contributed by atoms with E-state index in [1.54, 1.807) is 36.3 Å². The van der Waals surface area contributed by atoms with Crippen LogP contribution in [-0.4, -0.2) is 24.1 Å². The minimum Gasteiger partial charge on any atom is -0.276 e. The molecule has 0 aliphatic rings. The van der Waals surface area contributed by atoms with E-state index in [1.165, 1.54) is 6.07 Å². The molecule has 1 N–H and O–H groups in total. The van der Waals surface area contributed by atoms with Crippen molar-refractivity contribution < 1.29 is 13.2 Å². The lowest BCUT2D eigenvalue weighted by Gasteiger charge is -2.08. The van der Waals surface area contributed by atoms with Crippen LogP contribution < -0.4 is 4.72 Å². The molecule has 2 rings (SSSR count). The molecule has 0 atom stereocenters. The molecule has 0 saturated heterocycles. The molecule has 0 bridgehead atoms. The van der Waals surface area contributed by atoms with Gasteiger partial charge in [-0.2, -0.15) is 5.10 Å². The third-order valence-electron chi connectivity index (χ3n) is 3.44. The first-order chi connectivity index (χ1) is 10.3. The zero-order valence-electron chi connectivity index (χ0n) is 12.8. The standard InChI is InChI=1S/C15H19N3O3S/c1-11-4-6-14(8-12(11)2)22(20,21)17-15(19)7-5-13-9-16-18(3)10-13/h4,6,8-10H,5,7H2,1-3H3,(H,17,19). The Morgan fingerprint density at radius 3 is 2.59 bits per heavy atom. The number of benzene rings is 1. The summed E-state index contributed by atoms with van der Waals surface area (Å²) in [7, 11) is -2.03. The summed E-state index contributed by atoms with van der Waals surface area (Å²) in [6, 6.07) is 4.79. The smallest absolute Gasteiger partial charge is 0.264 e. The molecule has 7 heteroatoms. The summed E-state index contributed by atoms with van der Waals surface area (Å²) < 4.78 is 28.1. The zero-order valence-corrected chi connectivity index (χ0v) is 13.6. The third kappa shape index (κ3) is 3.94. The molecule has 1 amide bonds. The zero-order chi connectivity index (χ0) is 16.3. The van der Waals surface area contributed by atoms with Gasteiger partial charge in [0.25, 0.3) is 10.0 Å². The van der Waals surface area contributed by atoms with Crippen molar-refractivity contribution in [1.82, 2.24) is 14.5 Å². The number of carbonyl (C=O) groups excluding carboxylic acids is 1. The number of rotatable bonds is 5. The van der Waals surface area contributed by atoms with Gasteiger partial charge in [-0.15, -0.1) is 0 Å². The van der Waals surface area contributed by atoms with E-state index in [0.29, 0.717) is 6.42 Å². The summed E-state index contributed by atoms with van der Waals surface area (Å²) in [4.78, 5) is 11.9. The number of sulfonamides is 1. The van der Waals surface area contributed by atoms with E-state index < -0.39 is 15.9 Å². The van der Waals surface area contributed by atoms with Gasteiger partial charge in [0.05, 0.1) is 11.1 Å². The highest BCUT2D eigenvalue weighted by Crippen LogP contribution is 2.14. The Morgan fingerprint density at radius 2 is 2.00 bits per heavy atom. The summed E-state index contributed by atoms with van der Waals surface area (Å²) >= 11 is 0. The van der Waals surface area contributed by atoms with E-state index >= 15 is 0 Å². The Hall–Kier alpha value is -2.15. The molecule has 1 aromatic heterocycles. The van der Waals surface area contributed by atoms with Crippen molar-refractivity contribution in [1.29, 1.82) is 0 Å². The summed E-state index contributed by atoms with van der Waals surface area (Å²) in [5.41, 5.74) is 2.76. The molecule has 0 fully saturated rings. The molecular formula is C15H19N3O3S. The molecule has 2 aromatic rings. The fourth-order valence-electron chi connectivity index (χ4n) is 2.00. The summed E-state index contributed by atoms with van der Waals surface area (Å²) in [5, 5.41) is 4.00. The van der Waals surface area contributed by atoms with Crippen molar-refractivity contribution in [3.63, 3.8) is 0 Å². The van der Waals surface area contributed by atoms with E-state index in [4.69, 9.17) is 0 Å². The molecule has 0 unspecified atom stereocenters. The van der Waals surface area contributed by atoms with Gasteiger partial charge < -0.3 is 0 Å². The van der Waals surface area contributed by atoms with Crippen molar-refractivity contribution >= 4 is 15.9 Å². The molecule has 0 radical (unpaired) electrons. The molecule has 22 heavy (non-hydrogen) atoms. The normalized spacial score (nSPS) is 11.4. The fourth-order valence-corrected chi connectivity index (χ4v) is 3.10. The highest BCUT2D eigenvalue weighted by molar-refractivity contribution is 7.90. The van der Waals surface area contributed by atoms with Crippen LogP contribution in [-0.2, 0) is 28.3 Å². The SMILES string of the molecule is Cc1ccc(S(=O)(=O)NC(=O)CCc2cnn(C)c2)cc1C. The van der Waals surface area contributed by atoms with Gasteiger partial charge in [0.2, 0.25) is 5.91 Å². The van der Waals surface area contributed by atoms with Crippen LogP contribution in [0.4, 0.5) is 0 Å². The van der Waals surface area contributed by atoms with Gasteiger partial charge in [0.15, 0.2) is 0 Å². The van der Waals surface area contributed by atoms with E-state index in [0.717, 1.165) is 16.7 Å². The minimum absolute atomic E-state index is 0.0930. The van der Waals surface area contributed by atoms with Crippen LogP contribution in [0.15, 0.2) is 35.5 Å². The van der Waals surface area contributed by atoms with E-state index in [-0.39, 0.29) is 11.3 Å². The number of hydrogen-bond donors (Lipinski definition) is 1. The first-order valence-corrected chi connectivity index (χ1v) is 8.36. The number of hydrogen-bond acceptors (Lipinski definition) is 4. The average molecular weight is 321 g/mol. The number of nitrogens with one attached hydrogen (secondary N) is 1. The Kier molecular flexibility index (Phi) is 4.65. The lowest BCUT2D eigenvalue weighted by Crippen LogP contribution is -2.30. The van der Waals surface area contributed by atoms with Gasteiger partial charge in [0.1, 0.15) is 0 Å². The summed E-state index contributed by atoms with van der Waals surface area (Å²) in [5.74, 6) is -0.526. The minimum atomic E-state index is -3.82.